The van der Waals surface area contributed by atoms with Crippen LogP contribution in [0.2, 0.25) is 0 Å². The number of ketones is 2. The number of ether oxygens (including phenoxy) is 1. The van der Waals surface area contributed by atoms with Crippen LogP contribution in [0.4, 0.5) is 11.4 Å². The Balaban J connectivity index is 1.48. The lowest BCUT2D eigenvalue weighted by atomic mass is 9.62. The molecule has 1 fully saturated rings. The fourth-order valence-corrected chi connectivity index (χ4v) is 7.16. The molecule has 222 valence electrons. The van der Waals surface area contributed by atoms with Crippen molar-refractivity contribution in [2.45, 2.75) is 17.5 Å². The summed E-state index contributed by atoms with van der Waals surface area (Å²) < 4.78 is 5.62. The lowest BCUT2D eigenvalue weighted by Crippen LogP contribution is -2.49. The highest BCUT2D eigenvalue weighted by Gasteiger charge is 2.70. The molecular formula is C36H27N3O6. The molecule has 1 saturated heterocycles. The molecule has 7 rings (SSSR count). The molecule has 1 amide bonds. The number of carbonyl (C=O) groups is 3. The molecule has 4 atom stereocenters. The number of nitrogens with zero attached hydrogens (tertiary/aromatic N) is 2. The SMILES string of the molecule is C=CCOc1ccc(C(=O)[C@@H]2[C@H](C(=O)c3cccc([N+](=O)[O-])c3)N3C=Cc4ccccc4[C@H]3[C@@]23C(=O)Nc2ccccc23)cc1. The molecule has 4 aromatic rings. The second-order valence-electron chi connectivity index (χ2n) is 11.2. The van der Waals surface area contributed by atoms with Crippen molar-refractivity contribution in [1.29, 1.82) is 0 Å². The van der Waals surface area contributed by atoms with Crippen molar-refractivity contribution in [3.8, 4) is 5.75 Å². The van der Waals surface area contributed by atoms with Gasteiger partial charge in [-0.1, -0.05) is 67.3 Å². The van der Waals surface area contributed by atoms with E-state index in [1.54, 1.807) is 47.5 Å². The first-order valence-electron chi connectivity index (χ1n) is 14.5. The number of fused-ring (bicyclic) bond motifs is 6. The zero-order valence-corrected chi connectivity index (χ0v) is 24.0. The molecule has 9 nitrogen and oxygen atoms in total. The van der Waals surface area contributed by atoms with Crippen LogP contribution >= 0.6 is 0 Å². The molecule has 1 spiro atoms. The fraction of sp³-hybridized carbons (Fsp3) is 0.139. The first-order valence-corrected chi connectivity index (χ1v) is 14.5. The number of hydrogen-bond acceptors (Lipinski definition) is 7. The van der Waals surface area contributed by atoms with E-state index in [9.17, 15) is 24.5 Å². The summed E-state index contributed by atoms with van der Waals surface area (Å²) in [6.07, 6.45) is 5.25. The van der Waals surface area contributed by atoms with E-state index < -0.39 is 39.9 Å². The third-order valence-electron chi connectivity index (χ3n) is 8.97. The summed E-state index contributed by atoms with van der Waals surface area (Å²) in [5, 5.41) is 14.7. The molecule has 0 unspecified atom stereocenters. The molecule has 1 N–H and O–H groups in total. The average Bonchev–Trinajstić information content (AvgIpc) is 3.55. The molecule has 0 radical (unpaired) electrons. The molecule has 3 aliphatic rings. The number of hydrogen-bond donors (Lipinski definition) is 1. The third-order valence-corrected chi connectivity index (χ3v) is 8.97. The first kappa shape index (κ1) is 28.0. The first-order chi connectivity index (χ1) is 21.9. The van der Waals surface area contributed by atoms with Gasteiger partial charge >= 0.3 is 0 Å². The van der Waals surface area contributed by atoms with Crippen molar-refractivity contribution >= 4 is 34.9 Å². The van der Waals surface area contributed by atoms with E-state index in [0.29, 0.717) is 22.6 Å². The summed E-state index contributed by atoms with van der Waals surface area (Å²) >= 11 is 0. The van der Waals surface area contributed by atoms with Gasteiger partial charge in [-0.3, -0.25) is 24.5 Å². The Bertz CT molecular complexity index is 1930. The summed E-state index contributed by atoms with van der Waals surface area (Å²) in [6.45, 7) is 3.95. The van der Waals surface area contributed by atoms with Crippen LogP contribution in [-0.2, 0) is 10.2 Å². The van der Waals surface area contributed by atoms with Gasteiger partial charge < -0.3 is 15.0 Å². The van der Waals surface area contributed by atoms with Gasteiger partial charge in [-0.25, -0.2) is 0 Å². The van der Waals surface area contributed by atoms with E-state index in [1.807, 2.05) is 48.5 Å². The van der Waals surface area contributed by atoms with E-state index in [-0.39, 0.29) is 23.8 Å². The topological polar surface area (TPSA) is 119 Å². The van der Waals surface area contributed by atoms with Crippen LogP contribution in [0.5, 0.6) is 5.75 Å². The second-order valence-corrected chi connectivity index (χ2v) is 11.2. The number of Topliss-reactive ketones (excluding diaryl/α,β-unsaturated/α-hetero) is 2. The highest BCUT2D eigenvalue weighted by molar-refractivity contribution is 6.16. The largest absolute Gasteiger partial charge is 0.490 e. The molecule has 0 aromatic heterocycles. The van der Waals surface area contributed by atoms with Gasteiger partial charge in [-0.05, 0) is 53.1 Å². The molecule has 45 heavy (non-hydrogen) atoms. The maximum absolute atomic E-state index is 14.9. The number of non-ortho nitro benzene ring substituents is 1. The van der Waals surface area contributed by atoms with Crippen molar-refractivity contribution in [3.05, 3.63) is 154 Å². The normalized spacial score (nSPS) is 22.3. The Labute approximate surface area is 258 Å². The molecule has 3 heterocycles. The van der Waals surface area contributed by atoms with Gasteiger partial charge in [0.05, 0.1) is 16.9 Å². The van der Waals surface area contributed by atoms with E-state index >= 15 is 0 Å². The van der Waals surface area contributed by atoms with Gasteiger partial charge in [0.2, 0.25) is 5.91 Å². The Morgan fingerprint density at radius 2 is 1.71 bits per heavy atom. The summed E-state index contributed by atoms with van der Waals surface area (Å²) in [5.41, 5.74) is 1.49. The number of rotatable bonds is 8. The number of nitrogens with one attached hydrogen (secondary N) is 1. The molecule has 9 heteroatoms. The van der Waals surface area contributed by atoms with Crippen LogP contribution in [0.25, 0.3) is 6.08 Å². The molecule has 0 saturated carbocycles. The summed E-state index contributed by atoms with van der Waals surface area (Å²) in [5.74, 6) is -1.95. The van der Waals surface area contributed by atoms with Crippen LogP contribution in [0.15, 0.2) is 116 Å². The molecule has 3 aliphatic heterocycles. The van der Waals surface area contributed by atoms with Crippen LogP contribution in [0, 0.1) is 16.0 Å². The predicted molar refractivity (Wildman–Crippen MR) is 168 cm³/mol. The monoisotopic (exact) mass is 597 g/mol. The van der Waals surface area contributed by atoms with E-state index in [4.69, 9.17) is 4.74 Å². The number of carbonyl (C=O) groups excluding carboxylic acids is 3. The van der Waals surface area contributed by atoms with Gasteiger partial charge in [-0.15, -0.1) is 0 Å². The molecule has 4 aromatic carbocycles. The zero-order chi connectivity index (χ0) is 31.3. The van der Waals surface area contributed by atoms with Crippen molar-refractivity contribution in [3.63, 3.8) is 0 Å². The highest BCUT2D eigenvalue weighted by atomic mass is 16.6. The Hall–Kier alpha value is -5.83. The highest BCUT2D eigenvalue weighted by Crippen LogP contribution is 2.62. The van der Waals surface area contributed by atoms with Gasteiger partial charge in [0.25, 0.3) is 5.69 Å². The van der Waals surface area contributed by atoms with Crippen molar-refractivity contribution in [2.75, 3.05) is 11.9 Å². The van der Waals surface area contributed by atoms with E-state index in [0.717, 1.165) is 11.1 Å². The summed E-state index contributed by atoms with van der Waals surface area (Å²) in [4.78, 5) is 57.0. The van der Waals surface area contributed by atoms with Crippen molar-refractivity contribution in [1.82, 2.24) is 4.90 Å². The number of nitro groups is 1. The fourth-order valence-electron chi connectivity index (χ4n) is 7.16. The van der Waals surface area contributed by atoms with E-state index in [1.165, 1.54) is 24.3 Å². The summed E-state index contributed by atoms with van der Waals surface area (Å²) in [6, 6.07) is 25.1. The van der Waals surface area contributed by atoms with Crippen molar-refractivity contribution < 1.29 is 24.0 Å². The van der Waals surface area contributed by atoms with Crippen LogP contribution in [0.3, 0.4) is 0 Å². The minimum atomic E-state index is -1.51. The standard InChI is InChI=1S/C36H27N3O6/c1-2-20-45-26-16-14-23(15-17-26)32(40)30-31(33(41)24-9-7-10-25(21-24)39(43)44)38-19-18-22-8-3-4-11-27(22)34(38)36(30)28-12-5-6-13-29(28)37-35(36)42/h2-19,21,30-31,34H,1,20H2,(H,37,42)/t30-,31+,34-,36-/m0/s1. The Kier molecular flexibility index (Phi) is 6.66. The number of nitro benzene ring substituents is 1. The molecular weight excluding hydrogens is 570 g/mol. The molecule has 0 aliphatic carbocycles. The zero-order valence-electron chi connectivity index (χ0n) is 24.0. The van der Waals surface area contributed by atoms with Crippen LogP contribution in [-0.4, -0.2) is 39.9 Å². The van der Waals surface area contributed by atoms with Crippen molar-refractivity contribution in [2.24, 2.45) is 5.92 Å². The Morgan fingerprint density at radius 3 is 2.49 bits per heavy atom. The van der Waals surface area contributed by atoms with Gasteiger partial charge in [0.15, 0.2) is 11.6 Å². The smallest absolute Gasteiger partial charge is 0.270 e. The number of benzene rings is 4. The lowest BCUT2D eigenvalue weighted by Gasteiger charge is -2.38. The number of amides is 1. The maximum Gasteiger partial charge on any atom is 0.270 e. The van der Waals surface area contributed by atoms with Gasteiger partial charge in [0.1, 0.15) is 23.8 Å². The average molecular weight is 598 g/mol. The number of para-hydroxylation sites is 1. The van der Waals surface area contributed by atoms with Gasteiger partial charge in [0, 0.05) is 35.1 Å². The minimum absolute atomic E-state index is 0.0786. The molecule has 0 bridgehead atoms. The van der Waals surface area contributed by atoms with Crippen LogP contribution in [0.1, 0.15) is 43.4 Å². The van der Waals surface area contributed by atoms with Gasteiger partial charge in [-0.2, -0.15) is 0 Å². The summed E-state index contributed by atoms with van der Waals surface area (Å²) in [7, 11) is 0. The van der Waals surface area contributed by atoms with E-state index in [2.05, 4.69) is 11.9 Å². The number of anilines is 1. The quantitative estimate of drug-likeness (QED) is 0.112. The van der Waals surface area contributed by atoms with Crippen LogP contribution < -0.4 is 10.1 Å². The predicted octanol–water partition coefficient (Wildman–Crippen LogP) is 6.14. The third kappa shape index (κ3) is 4.19. The Morgan fingerprint density at radius 1 is 0.956 bits per heavy atom. The minimum Gasteiger partial charge on any atom is -0.490 e. The lowest BCUT2D eigenvalue weighted by molar-refractivity contribution is -0.384. The second kappa shape index (κ2) is 10.7. The maximum atomic E-state index is 14.9.